The first-order chi connectivity index (χ1) is 7.50. The van der Waals surface area contributed by atoms with Gasteiger partial charge in [0, 0.05) is 6.54 Å². The fourth-order valence-corrected chi connectivity index (χ4v) is 2.34. The van der Waals surface area contributed by atoms with Crippen LogP contribution < -0.4 is 5.32 Å². The van der Waals surface area contributed by atoms with E-state index in [-0.39, 0.29) is 5.91 Å². The molecule has 90 valence electrons. The standard InChI is InChI=1S/C13H22N2O/c1-10(2)5-4-6-15-12(16)13(9-14)7-11(3)8-13/h10-11H,4-8H2,1-3H3,(H,15,16). The minimum absolute atomic E-state index is 0.0585. The van der Waals surface area contributed by atoms with E-state index >= 15 is 0 Å². The summed E-state index contributed by atoms with van der Waals surface area (Å²) in [4.78, 5) is 11.8. The summed E-state index contributed by atoms with van der Waals surface area (Å²) in [5, 5.41) is 11.9. The monoisotopic (exact) mass is 222 g/mol. The summed E-state index contributed by atoms with van der Waals surface area (Å²) in [7, 11) is 0. The highest BCUT2D eigenvalue weighted by atomic mass is 16.2. The van der Waals surface area contributed by atoms with Crippen molar-refractivity contribution in [1.29, 1.82) is 5.26 Å². The number of amides is 1. The molecule has 1 amide bonds. The minimum Gasteiger partial charge on any atom is -0.355 e. The molecule has 0 aromatic rings. The molecule has 0 heterocycles. The van der Waals surface area contributed by atoms with Crippen LogP contribution in [0.5, 0.6) is 0 Å². The second-order valence-corrected chi connectivity index (χ2v) is 5.50. The van der Waals surface area contributed by atoms with Crippen LogP contribution in [0.25, 0.3) is 0 Å². The molecule has 0 bridgehead atoms. The Morgan fingerprint density at radius 3 is 2.62 bits per heavy atom. The molecule has 1 fully saturated rings. The molecule has 0 aliphatic heterocycles. The van der Waals surface area contributed by atoms with E-state index in [0.717, 1.165) is 25.7 Å². The number of rotatable bonds is 5. The highest BCUT2D eigenvalue weighted by Gasteiger charge is 2.48. The normalized spacial score (nSPS) is 28.3. The minimum atomic E-state index is -0.711. The maximum Gasteiger partial charge on any atom is 0.240 e. The van der Waals surface area contributed by atoms with E-state index in [1.54, 1.807) is 0 Å². The van der Waals surface area contributed by atoms with Gasteiger partial charge in [-0.3, -0.25) is 4.79 Å². The molecule has 1 rings (SSSR count). The van der Waals surface area contributed by atoms with Gasteiger partial charge in [-0.2, -0.15) is 5.26 Å². The Bertz CT molecular complexity index is 285. The Morgan fingerprint density at radius 2 is 2.19 bits per heavy atom. The third-order valence-electron chi connectivity index (χ3n) is 3.29. The number of hydrogen-bond donors (Lipinski definition) is 1. The van der Waals surface area contributed by atoms with Crippen LogP contribution in [0.1, 0.15) is 46.5 Å². The van der Waals surface area contributed by atoms with Crippen LogP contribution in [0.2, 0.25) is 0 Å². The van der Waals surface area contributed by atoms with E-state index < -0.39 is 5.41 Å². The van der Waals surface area contributed by atoms with E-state index in [9.17, 15) is 4.79 Å². The van der Waals surface area contributed by atoms with Gasteiger partial charge in [0.1, 0.15) is 5.41 Å². The van der Waals surface area contributed by atoms with Crippen molar-refractivity contribution >= 4 is 5.91 Å². The van der Waals surface area contributed by atoms with E-state index in [1.165, 1.54) is 0 Å². The molecule has 3 nitrogen and oxygen atoms in total. The van der Waals surface area contributed by atoms with Crippen LogP contribution >= 0.6 is 0 Å². The Morgan fingerprint density at radius 1 is 1.56 bits per heavy atom. The van der Waals surface area contributed by atoms with Crippen molar-refractivity contribution in [2.75, 3.05) is 6.54 Å². The Hall–Kier alpha value is -1.04. The van der Waals surface area contributed by atoms with Crippen molar-refractivity contribution in [3.8, 4) is 6.07 Å². The highest BCUT2D eigenvalue weighted by Crippen LogP contribution is 2.44. The molecule has 1 saturated carbocycles. The van der Waals surface area contributed by atoms with Crippen LogP contribution in [0.3, 0.4) is 0 Å². The maximum absolute atomic E-state index is 11.8. The van der Waals surface area contributed by atoms with Gasteiger partial charge in [-0.25, -0.2) is 0 Å². The molecule has 1 aliphatic carbocycles. The van der Waals surface area contributed by atoms with Gasteiger partial charge >= 0.3 is 0 Å². The largest absolute Gasteiger partial charge is 0.355 e. The predicted molar refractivity (Wildman–Crippen MR) is 63.5 cm³/mol. The Kier molecular flexibility index (Phi) is 4.35. The van der Waals surface area contributed by atoms with Crippen LogP contribution in [0, 0.1) is 28.6 Å². The fourth-order valence-electron chi connectivity index (χ4n) is 2.34. The summed E-state index contributed by atoms with van der Waals surface area (Å²) in [5.74, 6) is 1.13. The lowest BCUT2D eigenvalue weighted by molar-refractivity contribution is -0.133. The number of nitrogens with one attached hydrogen (secondary N) is 1. The molecular formula is C13H22N2O. The predicted octanol–water partition coefficient (Wildman–Crippen LogP) is 2.48. The van der Waals surface area contributed by atoms with E-state index in [2.05, 4.69) is 32.2 Å². The lowest BCUT2D eigenvalue weighted by atomic mass is 9.63. The lowest BCUT2D eigenvalue weighted by Crippen LogP contribution is -2.48. The van der Waals surface area contributed by atoms with E-state index in [4.69, 9.17) is 5.26 Å². The van der Waals surface area contributed by atoms with Crippen LogP contribution in [-0.4, -0.2) is 12.5 Å². The smallest absolute Gasteiger partial charge is 0.240 e. The van der Waals surface area contributed by atoms with Crippen molar-refractivity contribution in [3.63, 3.8) is 0 Å². The summed E-state index contributed by atoms with van der Waals surface area (Å²) in [6.45, 7) is 7.13. The van der Waals surface area contributed by atoms with Crippen molar-refractivity contribution < 1.29 is 4.79 Å². The van der Waals surface area contributed by atoms with Crippen LogP contribution in [0.4, 0.5) is 0 Å². The zero-order chi connectivity index (χ0) is 12.2. The summed E-state index contributed by atoms with van der Waals surface area (Å²) < 4.78 is 0. The van der Waals surface area contributed by atoms with Gasteiger partial charge in [-0.05, 0) is 37.5 Å². The number of nitriles is 1. The number of carbonyl (C=O) groups excluding carboxylic acids is 1. The van der Waals surface area contributed by atoms with Gasteiger partial charge < -0.3 is 5.32 Å². The van der Waals surface area contributed by atoms with Crippen LogP contribution in [-0.2, 0) is 4.79 Å². The lowest BCUT2D eigenvalue weighted by Gasteiger charge is -2.39. The van der Waals surface area contributed by atoms with Gasteiger partial charge in [0.25, 0.3) is 0 Å². The Labute approximate surface area is 98.2 Å². The van der Waals surface area contributed by atoms with Gasteiger partial charge in [-0.1, -0.05) is 20.8 Å². The first-order valence-electron chi connectivity index (χ1n) is 6.20. The van der Waals surface area contributed by atoms with Crippen molar-refractivity contribution in [2.45, 2.75) is 46.5 Å². The van der Waals surface area contributed by atoms with Gasteiger partial charge in [0.15, 0.2) is 0 Å². The zero-order valence-electron chi connectivity index (χ0n) is 10.5. The summed E-state index contributed by atoms with van der Waals surface area (Å²) >= 11 is 0. The molecule has 3 heteroatoms. The molecule has 16 heavy (non-hydrogen) atoms. The third-order valence-corrected chi connectivity index (χ3v) is 3.29. The average Bonchev–Trinajstić information content (AvgIpc) is 2.18. The summed E-state index contributed by atoms with van der Waals surface area (Å²) in [6.07, 6.45) is 3.57. The number of carbonyl (C=O) groups is 1. The zero-order valence-corrected chi connectivity index (χ0v) is 10.5. The van der Waals surface area contributed by atoms with Crippen molar-refractivity contribution in [3.05, 3.63) is 0 Å². The molecule has 0 radical (unpaired) electrons. The molecule has 0 aromatic heterocycles. The molecular weight excluding hydrogens is 200 g/mol. The second kappa shape index (κ2) is 5.34. The topological polar surface area (TPSA) is 52.9 Å². The SMILES string of the molecule is CC(C)CCCNC(=O)C1(C#N)CC(C)C1. The van der Waals surface area contributed by atoms with Gasteiger partial charge in [0.05, 0.1) is 6.07 Å². The number of nitrogens with zero attached hydrogens (tertiary/aromatic N) is 1. The molecule has 0 spiro atoms. The van der Waals surface area contributed by atoms with Crippen molar-refractivity contribution in [2.24, 2.45) is 17.3 Å². The second-order valence-electron chi connectivity index (χ2n) is 5.50. The van der Waals surface area contributed by atoms with Gasteiger partial charge in [0.2, 0.25) is 5.91 Å². The van der Waals surface area contributed by atoms with Gasteiger partial charge in [-0.15, -0.1) is 0 Å². The third kappa shape index (κ3) is 2.98. The first kappa shape index (κ1) is 13.0. The first-order valence-corrected chi connectivity index (χ1v) is 6.20. The molecule has 0 aromatic carbocycles. The van der Waals surface area contributed by atoms with Crippen LogP contribution in [0.15, 0.2) is 0 Å². The summed E-state index contributed by atoms with van der Waals surface area (Å²) in [5.41, 5.74) is -0.711. The molecule has 1 N–H and O–H groups in total. The van der Waals surface area contributed by atoms with Crippen molar-refractivity contribution in [1.82, 2.24) is 5.32 Å². The average molecular weight is 222 g/mol. The molecule has 0 atom stereocenters. The maximum atomic E-state index is 11.8. The molecule has 0 unspecified atom stereocenters. The Balaban J connectivity index is 2.27. The molecule has 0 saturated heterocycles. The quantitative estimate of drug-likeness (QED) is 0.726. The van der Waals surface area contributed by atoms with E-state index in [1.807, 2.05) is 0 Å². The van der Waals surface area contributed by atoms with E-state index in [0.29, 0.717) is 18.4 Å². The molecule has 1 aliphatic rings. The highest BCUT2D eigenvalue weighted by molar-refractivity contribution is 5.86. The number of hydrogen-bond acceptors (Lipinski definition) is 2. The summed E-state index contributed by atoms with van der Waals surface area (Å²) in [6, 6.07) is 2.18. The fraction of sp³-hybridized carbons (Fsp3) is 0.846.